The van der Waals surface area contributed by atoms with Gasteiger partial charge in [-0.1, -0.05) is 30.3 Å². The summed E-state index contributed by atoms with van der Waals surface area (Å²) in [5.41, 5.74) is 0.591. The Morgan fingerprint density at radius 1 is 0.914 bits per heavy atom. The Morgan fingerprint density at radius 2 is 1.49 bits per heavy atom. The molecule has 1 aliphatic heterocycles. The van der Waals surface area contributed by atoms with Crippen molar-refractivity contribution in [3.8, 4) is 0 Å². The summed E-state index contributed by atoms with van der Waals surface area (Å²) in [6, 6.07) is 11.2. The molecular formula is C26H40N4O4S. The van der Waals surface area contributed by atoms with E-state index in [-0.39, 0.29) is 6.09 Å². The summed E-state index contributed by atoms with van der Waals surface area (Å²) in [7, 11) is -3.56. The van der Waals surface area contributed by atoms with Crippen molar-refractivity contribution in [3.05, 3.63) is 42.0 Å². The number of aryl methyl sites for hydroxylation is 1. The van der Waals surface area contributed by atoms with Crippen LogP contribution in [0.15, 0.2) is 41.3 Å². The van der Waals surface area contributed by atoms with Crippen molar-refractivity contribution in [1.29, 1.82) is 0 Å². The van der Waals surface area contributed by atoms with E-state index in [1.54, 1.807) is 6.07 Å². The Hall–Kier alpha value is -2.20. The Kier molecular flexibility index (Phi) is 9.52. The maximum Gasteiger partial charge on any atom is 0.407 e. The monoisotopic (exact) mass is 504 g/mol. The third kappa shape index (κ3) is 8.45. The molecule has 1 heterocycles. The molecule has 0 saturated carbocycles. The van der Waals surface area contributed by atoms with Crippen molar-refractivity contribution in [2.45, 2.75) is 51.0 Å². The Balaban J connectivity index is 1.33. The van der Waals surface area contributed by atoms with E-state index in [9.17, 15) is 13.2 Å². The van der Waals surface area contributed by atoms with Crippen molar-refractivity contribution in [2.24, 2.45) is 0 Å². The van der Waals surface area contributed by atoms with Gasteiger partial charge in [-0.3, -0.25) is 0 Å². The van der Waals surface area contributed by atoms with Gasteiger partial charge in [0, 0.05) is 44.7 Å². The van der Waals surface area contributed by atoms with E-state index in [0.29, 0.717) is 18.0 Å². The maximum absolute atomic E-state index is 12.9. The molecule has 0 aliphatic carbocycles. The highest BCUT2D eigenvalue weighted by molar-refractivity contribution is 7.89. The summed E-state index contributed by atoms with van der Waals surface area (Å²) in [4.78, 5) is 16.8. The predicted molar refractivity (Wildman–Crippen MR) is 140 cm³/mol. The number of carbonyl (C=O) groups excluding carboxylic acids is 1. The van der Waals surface area contributed by atoms with Gasteiger partial charge in [0.25, 0.3) is 0 Å². The van der Waals surface area contributed by atoms with Crippen LogP contribution in [0.5, 0.6) is 0 Å². The van der Waals surface area contributed by atoms with E-state index in [1.807, 2.05) is 58.0 Å². The van der Waals surface area contributed by atoms with Crippen LogP contribution in [0.4, 0.5) is 4.79 Å². The van der Waals surface area contributed by atoms with Gasteiger partial charge in [0.2, 0.25) is 10.0 Å². The molecule has 0 radical (unpaired) electrons. The molecule has 3 rings (SSSR count). The van der Waals surface area contributed by atoms with Gasteiger partial charge in [-0.05, 0) is 70.6 Å². The van der Waals surface area contributed by atoms with Crippen LogP contribution in [-0.2, 0) is 14.8 Å². The maximum atomic E-state index is 12.9. The number of hydrogen-bond acceptors (Lipinski definition) is 6. The minimum absolute atomic E-state index is 0.341. The smallest absolute Gasteiger partial charge is 0.407 e. The largest absolute Gasteiger partial charge is 0.444 e. The zero-order valence-electron chi connectivity index (χ0n) is 21.5. The summed E-state index contributed by atoms with van der Waals surface area (Å²) < 4.78 is 33.9. The van der Waals surface area contributed by atoms with Crippen LogP contribution in [0.3, 0.4) is 0 Å². The molecule has 1 fully saturated rings. The molecule has 0 bridgehead atoms. The van der Waals surface area contributed by atoms with Crippen LogP contribution in [0.1, 0.15) is 39.2 Å². The average molecular weight is 505 g/mol. The van der Waals surface area contributed by atoms with Crippen molar-refractivity contribution < 1.29 is 17.9 Å². The number of nitrogens with zero attached hydrogens (tertiary/aromatic N) is 2. The highest BCUT2D eigenvalue weighted by atomic mass is 32.2. The average Bonchev–Trinajstić information content (AvgIpc) is 2.79. The summed E-state index contributed by atoms with van der Waals surface area (Å²) in [5.74, 6) is 0. The summed E-state index contributed by atoms with van der Waals surface area (Å²) in [6.45, 7) is 14.3. The lowest BCUT2D eigenvalue weighted by Crippen LogP contribution is -2.47. The highest BCUT2D eigenvalue weighted by Crippen LogP contribution is 2.25. The van der Waals surface area contributed by atoms with Gasteiger partial charge in [-0.25, -0.2) is 17.9 Å². The van der Waals surface area contributed by atoms with E-state index < -0.39 is 15.6 Å². The summed E-state index contributed by atoms with van der Waals surface area (Å²) in [5, 5.41) is 4.53. The van der Waals surface area contributed by atoms with E-state index in [0.717, 1.165) is 68.4 Å². The van der Waals surface area contributed by atoms with E-state index in [4.69, 9.17) is 4.74 Å². The fourth-order valence-electron chi connectivity index (χ4n) is 4.29. The second kappa shape index (κ2) is 12.2. The van der Waals surface area contributed by atoms with Crippen molar-refractivity contribution in [3.63, 3.8) is 0 Å². The van der Waals surface area contributed by atoms with E-state index in [1.165, 1.54) is 0 Å². The topological polar surface area (TPSA) is 91.0 Å². The molecule has 2 aromatic rings. The predicted octanol–water partition coefficient (Wildman–Crippen LogP) is 3.35. The SMILES string of the molecule is Cc1ccc(S(=O)(=O)NCCCN2CCN(CCCNC(=O)OC(C)(C)C)CC2)c2ccccc12. The number of benzene rings is 2. The van der Waals surface area contributed by atoms with E-state index in [2.05, 4.69) is 19.8 Å². The molecule has 0 spiro atoms. The summed E-state index contributed by atoms with van der Waals surface area (Å²) in [6.07, 6.45) is 1.28. The molecule has 1 amide bonds. The molecule has 0 unspecified atom stereocenters. The molecule has 0 aromatic heterocycles. The van der Waals surface area contributed by atoms with Crippen LogP contribution < -0.4 is 10.0 Å². The minimum atomic E-state index is -3.56. The molecule has 8 nitrogen and oxygen atoms in total. The lowest BCUT2D eigenvalue weighted by atomic mass is 10.1. The summed E-state index contributed by atoms with van der Waals surface area (Å²) >= 11 is 0. The number of rotatable bonds is 10. The fraction of sp³-hybridized carbons (Fsp3) is 0.577. The molecule has 0 atom stereocenters. The van der Waals surface area contributed by atoms with Crippen LogP contribution in [0.25, 0.3) is 10.8 Å². The van der Waals surface area contributed by atoms with E-state index >= 15 is 0 Å². The molecule has 1 saturated heterocycles. The second-order valence-electron chi connectivity index (χ2n) is 10.1. The minimum Gasteiger partial charge on any atom is -0.444 e. The van der Waals surface area contributed by atoms with Crippen molar-refractivity contribution in [2.75, 3.05) is 52.4 Å². The van der Waals surface area contributed by atoms with Crippen LogP contribution in [0.2, 0.25) is 0 Å². The number of piperazine rings is 1. The van der Waals surface area contributed by atoms with Crippen molar-refractivity contribution >= 4 is 26.9 Å². The molecule has 35 heavy (non-hydrogen) atoms. The number of sulfonamides is 1. The second-order valence-corrected chi connectivity index (χ2v) is 11.9. The first-order valence-electron chi connectivity index (χ1n) is 12.4. The number of ether oxygens (including phenoxy) is 1. The number of fused-ring (bicyclic) bond motifs is 1. The fourth-order valence-corrected chi connectivity index (χ4v) is 5.57. The molecule has 194 valence electrons. The number of nitrogens with one attached hydrogen (secondary N) is 2. The molecule has 2 aromatic carbocycles. The quantitative estimate of drug-likeness (QED) is 0.482. The normalized spacial score (nSPS) is 15.9. The molecule has 2 N–H and O–H groups in total. The first kappa shape index (κ1) is 27.4. The van der Waals surface area contributed by atoms with Gasteiger partial charge in [-0.2, -0.15) is 0 Å². The number of alkyl carbamates (subject to hydrolysis) is 1. The third-order valence-electron chi connectivity index (χ3n) is 6.12. The van der Waals surface area contributed by atoms with Gasteiger partial charge in [0.1, 0.15) is 5.60 Å². The first-order chi connectivity index (χ1) is 16.5. The number of hydrogen-bond donors (Lipinski definition) is 2. The molecule has 9 heteroatoms. The Bertz CT molecular complexity index is 1090. The lowest BCUT2D eigenvalue weighted by molar-refractivity contribution is 0.0524. The first-order valence-corrected chi connectivity index (χ1v) is 13.9. The highest BCUT2D eigenvalue weighted by Gasteiger charge is 2.20. The van der Waals surface area contributed by atoms with Gasteiger partial charge in [0.15, 0.2) is 0 Å². The van der Waals surface area contributed by atoms with Gasteiger partial charge >= 0.3 is 6.09 Å². The van der Waals surface area contributed by atoms with Gasteiger partial charge in [0.05, 0.1) is 4.90 Å². The molecule has 1 aliphatic rings. The lowest BCUT2D eigenvalue weighted by Gasteiger charge is -2.34. The Morgan fingerprint density at radius 3 is 2.09 bits per heavy atom. The number of carbonyl (C=O) groups is 1. The number of amides is 1. The van der Waals surface area contributed by atoms with Crippen LogP contribution in [0, 0.1) is 6.92 Å². The standard InChI is InChI=1S/C26H40N4O4S/c1-21-11-12-24(23-10-6-5-9-22(21)23)35(32,33)28-14-8-16-30-19-17-29(18-20-30)15-7-13-27-25(31)34-26(2,3)4/h5-6,9-12,28H,7-8,13-20H2,1-4H3,(H,27,31). The van der Waals surface area contributed by atoms with Crippen molar-refractivity contribution in [1.82, 2.24) is 19.8 Å². The zero-order chi connectivity index (χ0) is 25.5. The third-order valence-corrected chi connectivity index (χ3v) is 7.64. The van der Waals surface area contributed by atoms with Gasteiger partial charge in [-0.15, -0.1) is 0 Å². The Labute approximate surface area is 210 Å². The zero-order valence-corrected chi connectivity index (χ0v) is 22.3. The van der Waals surface area contributed by atoms with Crippen LogP contribution >= 0.6 is 0 Å². The van der Waals surface area contributed by atoms with Crippen LogP contribution in [-0.4, -0.2) is 82.3 Å². The van der Waals surface area contributed by atoms with Gasteiger partial charge < -0.3 is 19.9 Å². The molecular weight excluding hydrogens is 464 g/mol.